The topological polar surface area (TPSA) is 35.2 Å². The molecule has 0 aromatic rings. The zero-order valence-corrected chi connectivity index (χ0v) is 10.9. The normalized spacial score (nSPS) is 33.6. The standard InChI is InChI=1S/C14H27NO/c1-11(12(2)15)13-6-9-16-14(10-13)7-4-3-5-8-14/h11-13H,3-10,15H2,1-2H3. The molecule has 2 heteroatoms. The van der Waals surface area contributed by atoms with Crippen molar-refractivity contribution in [2.45, 2.75) is 70.4 Å². The second-order valence-corrected chi connectivity index (χ2v) is 6.06. The smallest absolute Gasteiger partial charge is 0.0685 e. The van der Waals surface area contributed by atoms with E-state index in [0.29, 0.717) is 12.0 Å². The summed E-state index contributed by atoms with van der Waals surface area (Å²) in [7, 11) is 0. The summed E-state index contributed by atoms with van der Waals surface area (Å²) in [6.07, 6.45) is 9.17. The fourth-order valence-electron chi connectivity index (χ4n) is 3.49. The van der Waals surface area contributed by atoms with E-state index >= 15 is 0 Å². The summed E-state index contributed by atoms with van der Waals surface area (Å²) < 4.78 is 6.13. The Morgan fingerprint density at radius 3 is 2.50 bits per heavy atom. The van der Waals surface area contributed by atoms with Gasteiger partial charge in [-0.05, 0) is 44.4 Å². The molecule has 1 saturated heterocycles. The van der Waals surface area contributed by atoms with E-state index in [-0.39, 0.29) is 5.60 Å². The van der Waals surface area contributed by atoms with E-state index in [0.717, 1.165) is 12.5 Å². The average Bonchev–Trinajstić information content (AvgIpc) is 2.29. The van der Waals surface area contributed by atoms with E-state index in [1.807, 2.05) is 0 Å². The van der Waals surface area contributed by atoms with Gasteiger partial charge in [-0.25, -0.2) is 0 Å². The van der Waals surface area contributed by atoms with Gasteiger partial charge in [0.1, 0.15) is 0 Å². The van der Waals surface area contributed by atoms with Crippen molar-refractivity contribution in [3.8, 4) is 0 Å². The second-order valence-electron chi connectivity index (χ2n) is 6.06. The highest BCUT2D eigenvalue weighted by molar-refractivity contribution is 4.91. The summed E-state index contributed by atoms with van der Waals surface area (Å²) in [5, 5.41) is 0. The molecule has 2 N–H and O–H groups in total. The quantitative estimate of drug-likeness (QED) is 0.783. The van der Waals surface area contributed by atoms with Crippen LogP contribution in [-0.2, 0) is 4.74 Å². The predicted octanol–water partition coefficient (Wildman–Crippen LogP) is 3.10. The van der Waals surface area contributed by atoms with Gasteiger partial charge < -0.3 is 10.5 Å². The van der Waals surface area contributed by atoms with Crippen molar-refractivity contribution in [2.75, 3.05) is 6.61 Å². The van der Waals surface area contributed by atoms with Gasteiger partial charge in [0.25, 0.3) is 0 Å². The van der Waals surface area contributed by atoms with Crippen LogP contribution in [0.3, 0.4) is 0 Å². The van der Waals surface area contributed by atoms with E-state index in [9.17, 15) is 0 Å². The van der Waals surface area contributed by atoms with Crippen molar-refractivity contribution in [3.63, 3.8) is 0 Å². The molecule has 1 aliphatic carbocycles. The number of nitrogens with two attached hydrogens (primary N) is 1. The fraction of sp³-hybridized carbons (Fsp3) is 1.00. The van der Waals surface area contributed by atoms with Gasteiger partial charge in [0.15, 0.2) is 0 Å². The number of ether oxygens (including phenoxy) is 1. The van der Waals surface area contributed by atoms with Crippen molar-refractivity contribution in [1.29, 1.82) is 0 Å². The number of hydrogen-bond donors (Lipinski definition) is 1. The molecule has 2 rings (SSSR count). The molecular formula is C14H27NO. The lowest BCUT2D eigenvalue weighted by molar-refractivity contribution is -0.125. The van der Waals surface area contributed by atoms with Gasteiger partial charge in [-0.3, -0.25) is 0 Å². The maximum atomic E-state index is 6.13. The zero-order valence-electron chi connectivity index (χ0n) is 10.9. The Hall–Kier alpha value is -0.0800. The highest BCUT2D eigenvalue weighted by atomic mass is 16.5. The lowest BCUT2D eigenvalue weighted by Gasteiger charge is -2.45. The minimum absolute atomic E-state index is 0.240. The maximum Gasteiger partial charge on any atom is 0.0685 e. The molecule has 0 aromatic heterocycles. The van der Waals surface area contributed by atoms with Gasteiger partial charge in [0.2, 0.25) is 0 Å². The fourth-order valence-corrected chi connectivity index (χ4v) is 3.49. The van der Waals surface area contributed by atoms with Gasteiger partial charge in [0.05, 0.1) is 5.60 Å². The molecule has 0 amide bonds. The van der Waals surface area contributed by atoms with E-state index < -0.39 is 0 Å². The Morgan fingerprint density at radius 2 is 1.88 bits per heavy atom. The van der Waals surface area contributed by atoms with Crippen LogP contribution in [0.4, 0.5) is 0 Å². The van der Waals surface area contributed by atoms with Crippen molar-refractivity contribution < 1.29 is 4.74 Å². The average molecular weight is 225 g/mol. The molecule has 1 spiro atoms. The first kappa shape index (κ1) is 12.4. The Morgan fingerprint density at radius 1 is 1.19 bits per heavy atom. The minimum atomic E-state index is 0.240. The Balaban J connectivity index is 1.97. The Bertz CT molecular complexity index is 215. The third-order valence-corrected chi connectivity index (χ3v) is 4.87. The van der Waals surface area contributed by atoms with Crippen LogP contribution in [0.15, 0.2) is 0 Å². The first-order valence-electron chi connectivity index (χ1n) is 7.02. The molecule has 0 aromatic carbocycles. The molecule has 0 bridgehead atoms. The molecular weight excluding hydrogens is 198 g/mol. The SMILES string of the molecule is CC(N)C(C)C1CCOC2(CCCCC2)C1. The Kier molecular flexibility index (Phi) is 3.91. The highest BCUT2D eigenvalue weighted by Gasteiger charge is 2.40. The van der Waals surface area contributed by atoms with Crippen LogP contribution in [0.25, 0.3) is 0 Å². The van der Waals surface area contributed by atoms with E-state index in [1.54, 1.807) is 0 Å². The first-order valence-corrected chi connectivity index (χ1v) is 7.02. The lowest BCUT2D eigenvalue weighted by Crippen LogP contribution is -2.45. The third kappa shape index (κ3) is 2.60. The summed E-state index contributed by atoms with van der Waals surface area (Å²) in [4.78, 5) is 0. The summed E-state index contributed by atoms with van der Waals surface area (Å²) in [5.41, 5.74) is 6.28. The molecule has 3 atom stereocenters. The minimum Gasteiger partial charge on any atom is -0.375 e. The molecule has 0 radical (unpaired) electrons. The molecule has 2 nitrogen and oxygen atoms in total. The molecule has 16 heavy (non-hydrogen) atoms. The van der Waals surface area contributed by atoms with Crippen LogP contribution in [0, 0.1) is 11.8 Å². The first-order chi connectivity index (χ1) is 7.63. The highest BCUT2D eigenvalue weighted by Crippen LogP contribution is 2.42. The van der Waals surface area contributed by atoms with Crippen molar-refractivity contribution in [2.24, 2.45) is 17.6 Å². The molecule has 2 aliphatic rings. The molecule has 1 heterocycles. The number of hydrogen-bond acceptors (Lipinski definition) is 2. The maximum absolute atomic E-state index is 6.13. The van der Waals surface area contributed by atoms with Crippen LogP contribution < -0.4 is 5.73 Å². The Labute approximate surface area is 99.9 Å². The van der Waals surface area contributed by atoms with Crippen molar-refractivity contribution >= 4 is 0 Å². The third-order valence-electron chi connectivity index (χ3n) is 4.87. The van der Waals surface area contributed by atoms with E-state index in [4.69, 9.17) is 10.5 Å². The molecule has 1 aliphatic heterocycles. The lowest BCUT2D eigenvalue weighted by atomic mass is 9.71. The van der Waals surface area contributed by atoms with Crippen LogP contribution in [0.1, 0.15) is 58.8 Å². The number of rotatable bonds is 2. The van der Waals surface area contributed by atoms with Crippen LogP contribution in [0.2, 0.25) is 0 Å². The largest absolute Gasteiger partial charge is 0.375 e. The summed E-state index contributed by atoms with van der Waals surface area (Å²) in [6, 6.07) is 0.323. The van der Waals surface area contributed by atoms with Crippen molar-refractivity contribution in [1.82, 2.24) is 0 Å². The van der Waals surface area contributed by atoms with Crippen molar-refractivity contribution in [3.05, 3.63) is 0 Å². The zero-order chi connectivity index (χ0) is 11.6. The van der Waals surface area contributed by atoms with Gasteiger partial charge >= 0.3 is 0 Å². The molecule has 3 unspecified atom stereocenters. The summed E-state index contributed by atoms with van der Waals surface area (Å²) in [5.74, 6) is 1.43. The van der Waals surface area contributed by atoms with Gasteiger partial charge in [0, 0.05) is 12.6 Å². The van der Waals surface area contributed by atoms with Crippen LogP contribution >= 0.6 is 0 Å². The monoisotopic (exact) mass is 225 g/mol. The molecule has 94 valence electrons. The van der Waals surface area contributed by atoms with Gasteiger partial charge in [-0.15, -0.1) is 0 Å². The van der Waals surface area contributed by atoms with E-state index in [1.165, 1.54) is 44.9 Å². The summed E-state index contributed by atoms with van der Waals surface area (Å²) >= 11 is 0. The second kappa shape index (κ2) is 5.05. The summed E-state index contributed by atoms with van der Waals surface area (Å²) in [6.45, 7) is 5.42. The van der Waals surface area contributed by atoms with Crippen LogP contribution in [0.5, 0.6) is 0 Å². The van der Waals surface area contributed by atoms with Crippen LogP contribution in [-0.4, -0.2) is 18.2 Å². The van der Waals surface area contributed by atoms with E-state index in [2.05, 4.69) is 13.8 Å². The molecule has 1 saturated carbocycles. The van der Waals surface area contributed by atoms with Gasteiger partial charge in [-0.1, -0.05) is 26.2 Å². The predicted molar refractivity (Wildman–Crippen MR) is 67.3 cm³/mol. The van der Waals surface area contributed by atoms with Gasteiger partial charge in [-0.2, -0.15) is 0 Å². The molecule has 2 fully saturated rings.